The summed E-state index contributed by atoms with van der Waals surface area (Å²) in [7, 11) is 0. The molecule has 1 aromatic carbocycles. The first kappa shape index (κ1) is 16.3. The normalized spacial score (nSPS) is 17.5. The molecule has 20 heavy (non-hydrogen) atoms. The van der Waals surface area contributed by atoms with Crippen molar-refractivity contribution in [2.45, 2.75) is 25.0 Å². The van der Waals surface area contributed by atoms with Crippen LogP contribution in [0.1, 0.15) is 24.8 Å². The summed E-state index contributed by atoms with van der Waals surface area (Å²) in [4.78, 5) is 0. The van der Waals surface area contributed by atoms with Gasteiger partial charge in [-0.2, -0.15) is 11.8 Å². The zero-order chi connectivity index (χ0) is 14.3. The van der Waals surface area contributed by atoms with Crippen molar-refractivity contribution in [1.82, 2.24) is 0 Å². The molecule has 0 saturated carbocycles. The lowest BCUT2D eigenvalue weighted by molar-refractivity contribution is -0.171. The number of halogens is 2. The second-order valence-corrected chi connectivity index (χ2v) is 6.73. The summed E-state index contributed by atoms with van der Waals surface area (Å²) in [5.74, 6) is 1.42. The summed E-state index contributed by atoms with van der Waals surface area (Å²) in [5, 5.41) is 1.05. The number of alkyl halides is 1. The van der Waals surface area contributed by atoms with Gasteiger partial charge in [0.15, 0.2) is 5.79 Å². The molecule has 0 unspecified atom stereocenters. The topological polar surface area (TPSA) is 18.5 Å². The molecule has 1 aromatic rings. The highest BCUT2D eigenvalue weighted by molar-refractivity contribution is 9.09. The number of thioether (sulfide) groups is 1. The Bertz CT molecular complexity index is 393. The number of hydrogen-bond donors (Lipinski definition) is 0. The van der Waals surface area contributed by atoms with E-state index in [-0.39, 0.29) is 5.82 Å². The zero-order valence-electron chi connectivity index (χ0n) is 11.4. The molecule has 0 aromatic heterocycles. The zero-order valence-corrected chi connectivity index (χ0v) is 13.8. The minimum atomic E-state index is -0.659. The Labute approximate surface area is 132 Å². The van der Waals surface area contributed by atoms with Gasteiger partial charge >= 0.3 is 0 Å². The van der Waals surface area contributed by atoms with E-state index in [4.69, 9.17) is 9.47 Å². The van der Waals surface area contributed by atoms with E-state index in [9.17, 15) is 4.39 Å². The molecule has 0 radical (unpaired) electrons. The van der Waals surface area contributed by atoms with E-state index in [0.717, 1.165) is 41.7 Å². The molecule has 1 aliphatic rings. The smallest absolute Gasteiger partial charge is 0.194 e. The van der Waals surface area contributed by atoms with Crippen LogP contribution < -0.4 is 0 Å². The summed E-state index contributed by atoms with van der Waals surface area (Å²) in [6.07, 6.45) is 3.02. The first-order valence-corrected chi connectivity index (χ1v) is 9.22. The monoisotopic (exact) mass is 362 g/mol. The van der Waals surface area contributed by atoms with Gasteiger partial charge in [-0.25, -0.2) is 4.39 Å². The van der Waals surface area contributed by atoms with Gasteiger partial charge in [0.2, 0.25) is 0 Å². The lowest BCUT2D eigenvalue weighted by Crippen LogP contribution is -2.27. The van der Waals surface area contributed by atoms with Crippen LogP contribution in [0.4, 0.5) is 4.39 Å². The number of rotatable bonds is 8. The van der Waals surface area contributed by atoms with Gasteiger partial charge in [-0.15, -0.1) is 0 Å². The first-order chi connectivity index (χ1) is 9.77. The molecule has 2 rings (SSSR count). The molecule has 5 heteroatoms. The van der Waals surface area contributed by atoms with Crippen molar-refractivity contribution in [2.75, 3.05) is 30.0 Å². The molecule has 0 aliphatic carbocycles. The molecule has 0 bridgehead atoms. The average Bonchev–Trinajstić information content (AvgIpc) is 2.93. The third-order valence-electron chi connectivity index (χ3n) is 3.30. The Kier molecular flexibility index (Phi) is 6.81. The molecule has 0 atom stereocenters. The van der Waals surface area contributed by atoms with Crippen LogP contribution in [0.25, 0.3) is 0 Å². The molecule has 1 heterocycles. The average molecular weight is 363 g/mol. The summed E-state index contributed by atoms with van der Waals surface area (Å²) >= 11 is 5.38. The van der Waals surface area contributed by atoms with Gasteiger partial charge in [-0.05, 0) is 30.7 Å². The number of unbranched alkanes of at least 4 members (excludes halogenated alkanes) is 1. The van der Waals surface area contributed by atoms with E-state index in [1.807, 2.05) is 11.8 Å². The maximum absolute atomic E-state index is 13.0. The van der Waals surface area contributed by atoms with Crippen LogP contribution in [0.3, 0.4) is 0 Å². The van der Waals surface area contributed by atoms with Crippen molar-refractivity contribution in [3.8, 4) is 0 Å². The molecular formula is C15H20BrFO2S. The van der Waals surface area contributed by atoms with Crippen molar-refractivity contribution in [3.63, 3.8) is 0 Å². The van der Waals surface area contributed by atoms with E-state index in [1.165, 1.54) is 12.1 Å². The van der Waals surface area contributed by atoms with Crippen LogP contribution in [-0.2, 0) is 15.3 Å². The summed E-state index contributed by atoms with van der Waals surface area (Å²) in [5.41, 5.74) is 0.921. The van der Waals surface area contributed by atoms with Gasteiger partial charge in [0.05, 0.1) is 13.2 Å². The van der Waals surface area contributed by atoms with Crippen LogP contribution in [0.5, 0.6) is 0 Å². The van der Waals surface area contributed by atoms with Gasteiger partial charge in [0.1, 0.15) is 5.82 Å². The van der Waals surface area contributed by atoms with E-state index in [0.29, 0.717) is 13.2 Å². The van der Waals surface area contributed by atoms with Gasteiger partial charge in [-0.1, -0.05) is 28.1 Å². The van der Waals surface area contributed by atoms with Crippen LogP contribution in [0, 0.1) is 5.82 Å². The van der Waals surface area contributed by atoms with E-state index in [2.05, 4.69) is 15.9 Å². The fourth-order valence-corrected chi connectivity index (χ4v) is 3.74. The fraction of sp³-hybridized carbons (Fsp3) is 0.600. The molecule has 1 aliphatic heterocycles. The maximum Gasteiger partial charge on any atom is 0.194 e. The fourth-order valence-electron chi connectivity index (χ4n) is 2.33. The minimum absolute atomic E-state index is 0.229. The number of benzene rings is 1. The highest BCUT2D eigenvalue weighted by atomic mass is 79.9. The third-order valence-corrected chi connectivity index (χ3v) is 5.30. The maximum atomic E-state index is 13.0. The summed E-state index contributed by atoms with van der Waals surface area (Å²) < 4.78 is 24.7. The Balaban J connectivity index is 1.88. The molecule has 2 nitrogen and oxygen atoms in total. The largest absolute Gasteiger partial charge is 0.343 e. The molecule has 0 amide bonds. The molecular weight excluding hydrogens is 343 g/mol. The van der Waals surface area contributed by atoms with Crippen LogP contribution in [0.2, 0.25) is 0 Å². The number of hydrogen-bond acceptors (Lipinski definition) is 3. The Hall–Kier alpha value is -0.100. The highest BCUT2D eigenvalue weighted by Gasteiger charge is 2.37. The number of ether oxygens (including phenoxy) is 2. The van der Waals surface area contributed by atoms with Crippen molar-refractivity contribution in [3.05, 3.63) is 35.6 Å². The lowest BCUT2D eigenvalue weighted by atomic mass is 10.00. The summed E-state index contributed by atoms with van der Waals surface area (Å²) in [6, 6.07) is 6.46. The standard InChI is InChI=1S/C15H20BrFO2S/c16-8-12-20-11-2-1-7-15(18-9-10-19-15)13-3-5-14(17)6-4-13/h3-6H,1-2,7-12H2. The SMILES string of the molecule is Fc1ccc(C2(CCCCSCCBr)OCCO2)cc1. The summed E-state index contributed by atoms with van der Waals surface area (Å²) in [6.45, 7) is 1.21. The highest BCUT2D eigenvalue weighted by Crippen LogP contribution is 2.36. The van der Waals surface area contributed by atoms with Crippen LogP contribution >= 0.6 is 27.7 Å². The van der Waals surface area contributed by atoms with Crippen molar-refractivity contribution >= 4 is 27.7 Å². The van der Waals surface area contributed by atoms with E-state index >= 15 is 0 Å². The lowest BCUT2D eigenvalue weighted by Gasteiger charge is -2.28. The first-order valence-electron chi connectivity index (χ1n) is 6.94. The van der Waals surface area contributed by atoms with Gasteiger partial charge in [0.25, 0.3) is 0 Å². The van der Waals surface area contributed by atoms with Crippen molar-refractivity contribution in [2.24, 2.45) is 0 Å². The minimum Gasteiger partial charge on any atom is -0.343 e. The third kappa shape index (κ3) is 4.45. The molecule has 0 N–H and O–H groups in total. The Morgan fingerprint density at radius 3 is 2.45 bits per heavy atom. The van der Waals surface area contributed by atoms with Gasteiger partial charge in [0, 0.05) is 23.1 Å². The van der Waals surface area contributed by atoms with Crippen molar-refractivity contribution in [1.29, 1.82) is 0 Å². The Morgan fingerprint density at radius 2 is 1.80 bits per heavy atom. The quantitative estimate of drug-likeness (QED) is 0.506. The van der Waals surface area contributed by atoms with E-state index in [1.54, 1.807) is 12.1 Å². The molecule has 0 spiro atoms. The predicted octanol–water partition coefficient (Wildman–Crippen LogP) is 4.32. The second kappa shape index (κ2) is 8.37. The second-order valence-electron chi connectivity index (χ2n) is 4.72. The molecule has 112 valence electrons. The van der Waals surface area contributed by atoms with Gasteiger partial charge in [-0.3, -0.25) is 0 Å². The van der Waals surface area contributed by atoms with Crippen molar-refractivity contribution < 1.29 is 13.9 Å². The molecule has 1 fully saturated rings. The predicted molar refractivity (Wildman–Crippen MR) is 85.0 cm³/mol. The van der Waals surface area contributed by atoms with Gasteiger partial charge < -0.3 is 9.47 Å². The molecule has 1 saturated heterocycles. The van der Waals surface area contributed by atoms with Crippen LogP contribution in [-0.4, -0.2) is 30.0 Å². The van der Waals surface area contributed by atoms with E-state index < -0.39 is 5.79 Å². The van der Waals surface area contributed by atoms with Crippen LogP contribution in [0.15, 0.2) is 24.3 Å². The Morgan fingerprint density at radius 1 is 1.10 bits per heavy atom.